The van der Waals surface area contributed by atoms with E-state index >= 15 is 0 Å². The summed E-state index contributed by atoms with van der Waals surface area (Å²) in [4.78, 5) is 72.1. The van der Waals surface area contributed by atoms with Crippen LogP contribution < -0.4 is 0 Å². The normalized spacial score (nSPS) is 14.3. The summed E-state index contributed by atoms with van der Waals surface area (Å²) in [6.45, 7) is 9.43. The molecule has 0 saturated heterocycles. The van der Waals surface area contributed by atoms with Gasteiger partial charge in [0.2, 0.25) is 0 Å². The second kappa shape index (κ2) is 56.6. The molecular weight excluding hydrogens is 1100 g/mol. The van der Waals surface area contributed by atoms with Crippen molar-refractivity contribution in [1.82, 2.24) is 0 Å². The molecule has 0 heterocycles. The second-order valence-electron chi connectivity index (χ2n) is 24.1. The van der Waals surface area contributed by atoms with Crippen LogP contribution in [0.4, 0.5) is 0 Å². The van der Waals surface area contributed by atoms with Crippen molar-refractivity contribution in [2.24, 2.45) is 11.8 Å². The van der Waals surface area contributed by atoms with Crippen LogP contribution in [0.5, 0.6) is 0 Å². The van der Waals surface area contributed by atoms with Crippen LogP contribution >= 0.6 is 15.6 Å². The van der Waals surface area contributed by atoms with Gasteiger partial charge in [0.1, 0.15) is 19.3 Å². The zero-order chi connectivity index (χ0) is 61.5. The Bertz CT molecular complexity index is 1630. The molecule has 0 saturated carbocycles. The molecule has 0 aromatic rings. The topological polar surface area (TPSA) is 237 Å². The van der Waals surface area contributed by atoms with E-state index in [2.05, 4.69) is 41.5 Å². The number of phosphoric ester groups is 2. The van der Waals surface area contributed by atoms with Gasteiger partial charge in [0, 0.05) is 25.7 Å². The van der Waals surface area contributed by atoms with E-state index in [1.807, 2.05) is 0 Å². The molecule has 0 aliphatic carbocycles. The van der Waals surface area contributed by atoms with Gasteiger partial charge in [-0.3, -0.25) is 37.3 Å². The highest BCUT2D eigenvalue weighted by atomic mass is 31.2. The largest absolute Gasteiger partial charge is 0.472 e. The average Bonchev–Trinajstić information content (AvgIpc) is 3.44. The van der Waals surface area contributed by atoms with E-state index in [0.29, 0.717) is 25.7 Å². The summed E-state index contributed by atoms with van der Waals surface area (Å²) < 4.78 is 67.9. The first-order valence-corrected chi connectivity index (χ1v) is 36.5. The highest BCUT2D eigenvalue weighted by Gasteiger charge is 2.30. The van der Waals surface area contributed by atoms with Crippen molar-refractivity contribution in [2.45, 2.75) is 336 Å². The Balaban J connectivity index is 5.21. The molecule has 3 N–H and O–H groups in total. The molecule has 5 atom stereocenters. The van der Waals surface area contributed by atoms with Crippen molar-refractivity contribution in [3.05, 3.63) is 0 Å². The maximum Gasteiger partial charge on any atom is 0.472 e. The first kappa shape index (κ1) is 81.1. The van der Waals surface area contributed by atoms with Crippen molar-refractivity contribution < 1.29 is 80.2 Å². The van der Waals surface area contributed by atoms with Crippen molar-refractivity contribution in [2.75, 3.05) is 39.6 Å². The van der Waals surface area contributed by atoms with Crippen molar-refractivity contribution in [1.29, 1.82) is 0 Å². The third-order valence-electron chi connectivity index (χ3n) is 14.7. The van der Waals surface area contributed by atoms with E-state index in [0.717, 1.165) is 108 Å². The van der Waals surface area contributed by atoms with E-state index < -0.39 is 97.5 Å². The molecule has 0 aromatic heterocycles. The number of hydrogen-bond donors (Lipinski definition) is 3. The summed E-state index contributed by atoms with van der Waals surface area (Å²) in [5.41, 5.74) is 0. The summed E-state index contributed by atoms with van der Waals surface area (Å²) in [5, 5.41) is 10.5. The number of unbranched alkanes of at least 4 members (excludes halogenated alkanes) is 33. The van der Waals surface area contributed by atoms with Crippen LogP contribution in [0.2, 0.25) is 0 Å². The van der Waals surface area contributed by atoms with E-state index in [9.17, 15) is 43.2 Å². The molecule has 492 valence electrons. The van der Waals surface area contributed by atoms with Gasteiger partial charge in [0.15, 0.2) is 12.2 Å². The molecule has 0 rings (SSSR count). The molecule has 0 spiro atoms. The lowest BCUT2D eigenvalue weighted by molar-refractivity contribution is -0.161. The van der Waals surface area contributed by atoms with Crippen LogP contribution in [0.1, 0.15) is 318 Å². The number of hydrogen-bond acceptors (Lipinski definition) is 15. The fourth-order valence-electron chi connectivity index (χ4n) is 9.53. The summed E-state index contributed by atoms with van der Waals surface area (Å²) in [6, 6.07) is 0. The predicted octanol–water partition coefficient (Wildman–Crippen LogP) is 17.7. The Labute approximate surface area is 505 Å². The summed E-state index contributed by atoms with van der Waals surface area (Å²) in [5.74, 6) is -0.634. The monoisotopic (exact) mass is 1230 g/mol. The van der Waals surface area contributed by atoms with Gasteiger partial charge in [0.25, 0.3) is 0 Å². The first-order valence-electron chi connectivity index (χ1n) is 33.5. The smallest absolute Gasteiger partial charge is 0.462 e. The molecular formula is C64H124O17P2. The van der Waals surface area contributed by atoms with Crippen molar-refractivity contribution in [3.8, 4) is 0 Å². The van der Waals surface area contributed by atoms with Gasteiger partial charge in [-0.15, -0.1) is 0 Å². The van der Waals surface area contributed by atoms with Crippen LogP contribution in [0, 0.1) is 11.8 Å². The minimum Gasteiger partial charge on any atom is -0.462 e. The Morgan fingerprint density at radius 1 is 0.325 bits per heavy atom. The van der Waals surface area contributed by atoms with Gasteiger partial charge in [-0.05, 0) is 37.5 Å². The highest BCUT2D eigenvalue weighted by molar-refractivity contribution is 7.47. The number of carbonyl (C=O) groups excluding carboxylic acids is 4. The third-order valence-corrected chi connectivity index (χ3v) is 16.6. The van der Waals surface area contributed by atoms with Gasteiger partial charge in [0.05, 0.1) is 26.4 Å². The predicted molar refractivity (Wildman–Crippen MR) is 331 cm³/mol. The molecule has 17 nitrogen and oxygen atoms in total. The molecule has 0 fully saturated rings. The van der Waals surface area contributed by atoms with Crippen LogP contribution in [0.15, 0.2) is 0 Å². The standard InChI is InChI=1S/C64H124O17P2/c1-7-9-11-13-15-21-30-36-42-48-63(68)80-59(52-74-61(66)46-40-34-28-16-14-12-10-8-2)54-78-82(70,71)76-50-58(65)51-77-83(72,73)79-55-60(53-75-62(67)47-41-35-29-25-24-27-33-39-45-57(5)6)81-64(69)49-43-37-31-23-20-18-17-19-22-26-32-38-44-56(3)4/h56-60,65H,7-55H2,1-6H3,(H,70,71)(H,72,73)/t58-,59+,60+/m0/s1. The Morgan fingerprint density at radius 2 is 0.554 bits per heavy atom. The second-order valence-corrected chi connectivity index (χ2v) is 27.0. The summed E-state index contributed by atoms with van der Waals surface area (Å²) >= 11 is 0. The quantitative estimate of drug-likeness (QED) is 0.0222. The molecule has 83 heavy (non-hydrogen) atoms. The maximum absolute atomic E-state index is 13.0. The zero-order valence-corrected chi connectivity index (χ0v) is 55.3. The van der Waals surface area contributed by atoms with Crippen LogP contribution in [-0.4, -0.2) is 96.7 Å². The van der Waals surface area contributed by atoms with Gasteiger partial charge < -0.3 is 33.8 Å². The Morgan fingerprint density at radius 3 is 0.819 bits per heavy atom. The van der Waals surface area contributed by atoms with Gasteiger partial charge in [-0.1, -0.05) is 266 Å². The minimum atomic E-state index is -4.94. The lowest BCUT2D eigenvalue weighted by Gasteiger charge is -2.21. The summed E-state index contributed by atoms with van der Waals surface area (Å²) in [7, 11) is -9.88. The highest BCUT2D eigenvalue weighted by Crippen LogP contribution is 2.45. The van der Waals surface area contributed by atoms with Gasteiger partial charge in [-0.25, -0.2) is 9.13 Å². The third kappa shape index (κ3) is 58.8. The molecule has 0 aromatic carbocycles. The van der Waals surface area contributed by atoms with E-state index in [4.69, 9.17) is 37.0 Å². The average molecular weight is 1230 g/mol. The first-order chi connectivity index (χ1) is 39.9. The Hall–Kier alpha value is -1.94. The van der Waals surface area contributed by atoms with Crippen molar-refractivity contribution >= 4 is 39.5 Å². The zero-order valence-electron chi connectivity index (χ0n) is 53.5. The fraction of sp³-hybridized carbons (Fsp3) is 0.938. The number of rotatable bonds is 63. The maximum atomic E-state index is 13.0. The van der Waals surface area contributed by atoms with Crippen LogP contribution in [0.25, 0.3) is 0 Å². The number of esters is 4. The van der Waals surface area contributed by atoms with E-state index in [1.165, 1.54) is 128 Å². The number of aliphatic hydroxyl groups excluding tert-OH is 1. The molecule has 0 aliphatic rings. The molecule has 0 amide bonds. The molecule has 2 unspecified atom stereocenters. The SMILES string of the molecule is CCCCCCCCCCCC(=O)O[C@H](COC(=O)CCCCCCCCCC)COP(=O)(O)OC[C@H](O)COP(=O)(O)OC[C@@H](COC(=O)CCCCCCCCCCC(C)C)OC(=O)CCCCCCCCCCCCCCC(C)C. The molecule has 0 aliphatic heterocycles. The lowest BCUT2D eigenvalue weighted by Crippen LogP contribution is -2.30. The van der Waals surface area contributed by atoms with E-state index in [-0.39, 0.29) is 25.7 Å². The molecule has 19 heteroatoms. The van der Waals surface area contributed by atoms with Crippen LogP contribution in [-0.2, 0) is 65.4 Å². The van der Waals surface area contributed by atoms with Crippen LogP contribution in [0.3, 0.4) is 0 Å². The number of ether oxygens (including phenoxy) is 4. The Kier molecular flexibility index (Phi) is 55.2. The summed E-state index contributed by atoms with van der Waals surface area (Å²) in [6.07, 6.45) is 39.0. The fourth-order valence-corrected chi connectivity index (χ4v) is 11.1. The number of aliphatic hydroxyl groups is 1. The molecule has 0 bridgehead atoms. The minimum absolute atomic E-state index is 0.105. The van der Waals surface area contributed by atoms with Crippen molar-refractivity contribution in [3.63, 3.8) is 0 Å². The number of phosphoric acid groups is 2. The van der Waals surface area contributed by atoms with Gasteiger partial charge in [-0.2, -0.15) is 0 Å². The van der Waals surface area contributed by atoms with Gasteiger partial charge >= 0.3 is 39.5 Å². The number of carbonyl (C=O) groups is 4. The lowest BCUT2D eigenvalue weighted by atomic mass is 10.0. The van der Waals surface area contributed by atoms with E-state index in [1.54, 1.807) is 0 Å². The molecule has 0 radical (unpaired) electrons.